The standard InChI is InChI=1S/C16H20N8/c1-12-17-16(20-18-12)14-9-5-6-10-23(14)11-15-19-21-22-24(15)13-7-3-2-4-8-13/h2-4,7-8,14H,5-6,9-11H2,1H3,(H,17,18,20). The summed E-state index contributed by atoms with van der Waals surface area (Å²) in [4.78, 5) is 6.90. The number of hydrogen-bond donors (Lipinski definition) is 1. The van der Waals surface area contributed by atoms with E-state index in [2.05, 4.69) is 35.6 Å². The van der Waals surface area contributed by atoms with Crippen molar-refractivity contribution in [2.45, 2.75) is 38.8 Å². The topological polar surface area (TPSA) is 88.4 Å². The molecule has 8 heteroatoms. The molecule has 1 unspecified atom stereocenters. The number of hydrogen-bond acceptors (Lipinski definition) is 6. The minimum atomic E-state index is 0.213. The molecule has 24 heavy (non-hydrogen) atoms. The third kappa shape index (κ3) is 2.92. The van der Waals surface area contributed by atoms with Gasteiger partial charge in [0.1, 0.15) is 5.82 Å². The van der Waals surface area contributed by atoms with Gasteiger partial charge in [0.05, 0.1) is 18.3 Å². The van der Waals surface area contributed by atoms with Crippen LogP contribution in [0.2, 0.25) is 0 Å². The molecule has 0 radical (unpaired) electrons. The predicted octanol–water partition coefficient (Wildman–Crippen LogP) is 1.82. The van der Waals surface area contributed by atoms with Crippen molar-refractivity contribution < 1.29 is 0 Å². The van der Waals surface area contributed by atoms with Crippen LogP contribution >= 0.6 is 0 Å². The summed E-state index contributed by atoms with van der Waals surface area (Å²) < 4.78 is 1.80. The van der Waals surface area contributed by atoms with Gasteiger partial charge in [0.2, 0.25) is 0 Å². The molecule has 0 aliphatic carbocycles. The molecule has 124 valence electrons. The molecule has 8 nitrogen and oxygen atoms in total. The fourth-order valence-electron chi connectivity index (χ4n) is 3.24. The summed E-state index contributed by atoms with van der Waals surface area (Å²) in [5, 5.41) is 19.6. The molecule has 1 atom stereocenters. The number of nitrogens with zero attached hydrogens (tertiary/aromatic N) is 7. The van der Waals surface area contributed by atoms with Crippen LogP contribution in [0.1, 0.15) is 42.8 Å². The monoisotopic (exact) mass is 324 g/mol. The first kappa shape index (κ1) is 14.9. The van der Waals surface area contributed by atoms with Gasteiger partial charge < -0.3 is 0 Å². The van der Waals surface area contributed by atoms with E-state index in [1.54, 1.807) is 4.68 Å². The van der Waals surface area contributed by atoms with Gasteiger partial charge >= 0.3 is 0 Å². The number of rotatable bonds is 4. The number of nitrogens with one attached hydrogen (secondary N) is 1. The summed E-state index contributed by atoms with van der Waals surface area (Å²) >= 11 is 0. The zero-order chi connectivity index (χ0) is 16.4. The first-order valence-electron chi connectivity index (χ1n) is 8.27. The highest BCUT2D eigenvalue weighted by atomic mass is 15.5. The van der Waals surface area contributed by atoms with Crippen LogP contribution in [0.25, 0.3) is 5.69 Å². The molecule has 0 amide bonds. The minimum Gasteiger partial charge on any atom is -0.286 e. The summed E-state index contributed by atoms with van der Waals surface area (Å²) in [7, 11) is 0. The van der Waals surface area contributed by atoms with Crippen LogP contribution in [-0.2, 0) is 6.54 Å². The van der Waals surface area contributed by atoms with Crippen LogP contribution in [0, 0.1) is 6.92 Å². The fraction of sp³-hybridized carbons (Fsp3) is 0.438. The Morgan fingerprint density at radius 1 is 1.21 bits per heavy atom. The highest BCUT2D eigenvalue weighted by Gasteiger charge is 2.28. The van der Waals surface area contributed by atoms with Crippen LogP contribution in [-0.4, -0.2) is 46.8 Å². The normalized spacial score (nSPS) is 18.8. The molecule has 1 saturated heterocycles. The molecule has 0 saturated carbocycles. The largest absolute Gasteiger partial charge is 0.286 e. The van der Waals surface area contributed by atoms with Crippen molar-refractivity contribution in [1.82, 2.24) is 40.3 Å². The lowest BCUT2D eigenvalue weighted by Gasteiger charge is -2.33. The van der Waals surface area contributed by atoms with Gasteiger partial charge in [-0.05, 0) is 48.9 Å². The van der Waals surface area contributed by atoms with Gasteiger partial charge in [-0.25, -0.2) is 4.98 Å². The lowest BCUT2D eigenvalue weighted by molar-refractivity contribution is 0.129. The van der Waals surface area contributed by atoms with Gasteiger partial charge in [-0.2, -0.15) is 9.78 Å². The summed E-state index contributed by atoms with van der Waals surface area (Å²) in [5.41, 5.74) is 0.972. The second-order valence-electron chi connectivity index (χ2n) is 6.10. The number of aromatic amines is 1. The smallest absolute Gasteiger partial charge is 0.170 e. The molecule has 2 aromatic heterocycles. The van der Waals surface area contributed by atoms with E-state index in [1.807, 2.05) is 37.3 Å². The van der Waals surface area contributed by atoms with Gasteiger partial charge in [-0.3, -0.25) is 10.00 Å². The summed E-state index contributed by atoms with van der Waals surface area (Å²) in [6.07, 6.45) is 3.43. The number of para-hydroxylation sites is 1. The average Bonchev–Trinajstić information content (AvgIpc) is 3.25. The minimum absolute atomic E-state index is 0.213. The maximum atomic E-state index is 4.53. The third-order valence-electron chi connectivity index (χ3n) is 4.41. The Balaban J connectivity index is 1.59. The Hall–Kier alpha value is -2.61. The lowest BCUT2D eigenvalue weighted by atomic mass is 10.0. The van der Waals surface area contributed by atoms with Gasteiger partial charge in [0.15, 0.2) is 11.6 Å². The number of H-pyrrole nitrogens is 1. The van der Waals surface area contributed by atoms with Crippen molar-refractivity contribution in [2.24, 2.45) is 0 Å². The quantitative estimate of drug-likeness (QED) is 0.787. The van der Waals surface area contributed by atoms with E-state index < -0.39 is 0 Å². The number of tetrazole rings is 1. The van der Waals surface area contributed by atoms with Crippen molar-refractivity contribution in [3.63, 3.8) is 0 Å². The van der Waals surface area contributed by atoms with E-state index in [1.165, 1.54) is 12.8 Å². The Labute approximate surface area is 139 Å². The van der Waals surface area contributed by atoms with E-state index >= 15 is 0 Å². The van der Waals surface area contributed by atoms with Crippen LogP contribution in [0.5, 0.6) is 0 Å². The number of aromatic nitrogens is 7. The van der Waals surface area contributed by atoms with Gasteiger partial charge in [-0.15, -0.1) is 5.10 Å². The van der Waals surface area contributed by atoms with Gasteiger partial charge in [0, 0.05) is 0 Å². The second-order valence-corrected chi connectivity index (χ2v) is 6.10. The maximum Gasteiger partial charge on any atom is 0.170 e. The van der Waals surface area contributed by atoms with E-state index in [-0.39, 0.29) is 6.04 Å². The molecule has 1 N–H and O–H groups in total. The number of aryl methyl sites for hydroxylation is 1. The van der Waals surface area contributed by atoms with Gasteiger partial charge in [0.25, 0.3) is 0 Å². The summed E-state index contributed by atoms with van der Waals surface area (Å²) in [6, 6.07) is 10.2. The highest BCUT2D eigenvalue weighted by Crippen LogP contribution is 2.30. The molecular weight excluding hydrogens is 304 g/mol. The molecule has 1 aromatic carbocycles. The van der Waals surface area contributed by atoms with Crippen molar-refractivity contribution in [2.75, 3.05) is 6.54 Å². The Morgan fingerprint density at radius 2 is 2.08 bits per heavy atom. The van der Waals surface area contributed by atoms with Crippen LogP contribution in [0.15, 0.2) is 30.3 Å². The zero-order valence-corrected chi connectivity index (χ0v) is 13.6. The fourth-order valence-corrected chi connectivity index (χ4v) is 3.24. The Kier molecular flexibility index (Phi) is 4.04. The van der Waals surface area contributed by atoms with Crippen molar-refractivity contribution >= 4 is 0 Å². The van der Waals surface area contributed by atoms with E-state index in [9.17, 15) is 0 Å². The van der Waals surface area contributed by atoms with Crippen molar-refractivity contribution in [3.8, 4) is 5.69 Å². The molecule has 4 rings (SSSR count). The Bertz CT molecular complexity index is 793. The Morgan fingerprint density at radius 3 is 2.88 bits per heavy atom. The molecular formula is C16H20N8. The molecule has 0 bridgehead atoms. The van der Waals surface area contributed by atoms with Crippen LogP contribution in [0.3, 0.4) is 0 Å². The third-order valence-corrected chi connectivity index (χ3v) is 4.41. The van der Waals surface area contributed by atoms with Crippen molar-refractivity contribution in [1.29, 1.82) is 0 Å². The maximum absolute atomic E-state index is 4.53. The van der Waals surface area contributed by atoms with Crippen LogP contribution < -0.4 is 0 Å². The van der Waals surface area contributed by atoms with E-state index in [4.69, 9.17) is 0 Å². The predicted molar refractivity (Wildman–Crippen MR) is 87.3 cm³/mol. The molecule has 1 aliphatic heterocycles. The number of likely N-dealkylation sites (tertiary alicyclic amines) is 1. The molecule has 1 aliphatic rings. The average molecular weight is 324 g/mol. The first-order chi connectivity index (χ1) is 11.8. The molecule has 0 spiro atoms. The zero-order valence-electron chi connectivity index (χ0n) is 13.6. The van der Waals surface area contributed by atoms with Crippen molar-refractivity contribution in [3.05, 3.63) is 47.8 Å². The van der Waals surface area contributed by atoms with Gasteiger partial charge in [-0.1, -0.05) is 24.6 Å². The second kappa shape index (κ2) is 6.48. The first-order valence-corrected chi connectivity index (χ1v) is 8.27. The number of benzene rings is 1. The van der Waals surface area contributed by atoms with E-state index in [0.717, 1.165) is 36.1 Å². The summed E-state index contributed by atoms with van der Waals surface area (Å²) in [6.45, 7) is 3.61. The number of piperidine rings is 1. The lowest BCUT2D eigenvalue weighted by Crippen LogP contribution is -2.34. The highest BCUT2D eigenvalue weighted by molar-refractivity contribution is 5.30. The molecule has 1 fully saturated rings. The molecule has 3 aromatic rings. The summed E-state index contributed by atoms with van der Waals surface area (Å²) in [5.74, 6) is 2.55. The van der Waals surface area contributed by atoms with Crippen LogP contribution in [0.4, 0.5) is 0 Å². The molecule has 3 heterocycles. The van der Waals surface area contributed by atoms with E-state index in [0.29, 0.717) is 6.54 Å². The SMILES string of the molecule is Cc1nc(C2CCCCN2Cc2nnnn2-c2ccccc2)n[nH]1.